The number of oxime groups is 1. The lowest BCUT2D eigenvalue weighted by Crippen LogP contribution is -1.92. The molecule has 0 saturated carbocycles. The lowest BCUT2D eigenvalue weighted by atomic mass is 10.1. The predicted molar refractivity (Wildman–Crippen MR) is 89.3 cm³/mol. The van der Waals surface area contributed by atoms with Gasteiger partial charge in [-0.3, -0.25) is 0 Å². The largest absolute Gasteiger partial charge is 0.496 e. The van der Waals surface area contributed by atoms with Gasteiger partial charge in [0.25, 0.3) is 0 Å². The summed E-state index contributed by atoms with van der Waals surface area (Å²) >= 11 is 0. The molecule has 3 heteroatoms. The Balaban J connectivity index is 1.71. The Bertz CT molecular complexity index is 791. The summed E-state index contributed by atoms with van der Waals surface area (Å²) in [6.45, 7) is 0.438. The van der Waals surface area contributed by atoms with Gasteiger partial charge in [0.2, 0.25) is 0 Å². The number of fused-ring (bicyclic) bond motifs is 1. The zero-order valence-electron chi connectivity index (χ0n) is 12.4. The van der Waals surface area contributed by atoms with Gasteiger partial charge in [-0.25, -0.2) is 0 Å². The van der Waals surface area contributed by atoms with Crippen molar-refractivity contribution in [1.82, 2.24) is 0 Å². The minimum absolute atomic E-state index is 0.438. The molecule has 0 aliphatic rings. The van der Waals surface area contributed by atoms with Gasteiger partial charge in [-0.05, 0) is 28.5 Å². The molecule has 0 aliphatic carbocycles. The molecule has 0 bridgehead atoms. The Morgan fingerprint density at radius 1 is 0.909 bits per heavy atom. The maximum atomic E-state index is 5.45. The van der Waals surface area contributed by atoms with E-state index in [1.807, 2.05) is 42.5 Å². The maximum Gasteiger partial charge on any atom is 0.142 e. The molecule has 0 spiro atoms. The molecule has 110 valence electrons. The molecule has 0 heterocycles. The average Bonchev–Trinajstić information content (AvgIpc) is 2.59. The Morgan fingerprint density at radius 3 is 2.59 bits per heavy atom. The van der Waals surface area contributed by atoms with Crippen LogP contribution in [0.15, 0.2) is 71.9 Å². The molecule has 0 fully saturated rings. The van der Waals surface area contributed by atoms with Gasteiger partial charge in [0.05, 0.1) is 13.3 Å². The highest BCUT2D eigenvalue weighted by atomic mass is 16.6. The number of hydrogen-bond donors (Lipinski definition) is 0. The van der Waals surface area contributed by atoms with Crippen LogP contribution >= 0.6 is 0 Å². The summed E-state index contributed by atoms with van der Waals surface area (Å²) in [5.41, 5.74) is 2.01. The van der Waals surface area contributed by atoms with Gasteiger partial charge < -0.3 is 9.57 Å². The molecule has 0 aliphatic heterocycles. The second-order valence-corrected chi connectivity index (χ2v) is 4.89. The van der Waals surface area contributed by atoms with Crippen LogP contribution in [0, 0.1) is 0 Å². The van der Waals surface area contributed by atoms with Crippen LogP contribution < -0.4 is 4.74 Å². The molecule has 3 rings (SSSR count). The van der Waals surface area contributed by atoms with Crippen LogP contribution in [0.25, 0.3) is 10.8 Å². The van der Waals surface area contributed by atoms with Gasteiger partial charge in [0, 0.05) is 5.56 Å². The monoisotopic (exact) mass is 291 g/mol. The minimum Gasteiger partial charge on any atom is -0.496 e. The average molecular weight is 291 g/mol. The van der Waals surface area contributed by atoms with Crippen LogP contribution in [0.4, 0.5) is 0 Å². The first-order valence-electron chi connectivity index (χ1n) is 7.13. The summed E-state index contributed by atoms with van der Waals surface area (Å²) < 4.78 is 5.27. The molecular formula is C19H17NO2. The van der Waals surface area contributed by atoms with E-state index in [1.54, 1.807) is 13.3 Å². The number of nitrogens with zero attached hydrogens (tertiary/aromatic N) is 1. The fourth-order valence-corrected chi connectivity index (χ4v) is 2.39. The van der Waals surface area contributed by atoms with Crippen molar-refractivity contribution in [1.29, 1.82) is 0 Å². The lowest BCUT2D eigenvalue weighted by molar-refractivity contribution is 0.133. The second-order valence-electron chi connectivity index (χ2n) is 4.89. The molecule has 3 nitrogen and oxygen atoms in total. The molecule has 3 aromatic rings. The molecule has 0 unspecified atom stereocenters. The third kappa shape index (κ3) is 3.09. The number of hydrogen-bond acceptors (Lipinski definition) is 3. The first kappa shape index (κ1) is 14.1. The summed E-state index contributed by atoms with van der Waals surface area (Å²) in [4.78, 5) is 5.45. The second kappa shape index (κ2) is 6.76. The fourth-order valence-electron chi connectivity index (χ4n) is 2.39. The third-order valence-electron chi connectivity index (χ3n) is 3.51. The lowest BCUT2D eigenvalue weighted by Gasteiger charge is -2.05. The van der Waals surface area contributed by atoms with Crippen LogP contribution in [-0.4, -0.2) is 13.3 Å². The molecule has 3 aromatic carbocycles. The number of benzene rings is 3. The predicted octanol–water partition coefficient (Wildman–Crippen LogP) is 4.40. The maximum absolute atomic E-state index is 5.45. The Kier molecular flexibility index (Phi) is 4.35. The van der Waals surface area contributed by atoms with E-state index >= 15 is 0 Å². The minimum atomic E-state index is 0.438. The summed E-state index contributed by atoms with van der Waals surface area (Å²) in [6, 6.07) is 22.1. The number of methoxy groups -OCH3 is 1. The van der Waals surface area contributed by atoms with Gasteiger partial charge in [0.1, 0.15) is 12.4 Å². The van der Waals surface area contributed by atoms with Crippen LogP contribution in [0.1, 0.15) is 11.1 Å². The summed E-state index contributed by atoms with van der Waals surface area (Å²) in [6.07, 6.45) is 1.67. The van der Waals surface area contributed by atoms with Crippen molar-refractivity contribution in [3.05, 3.63) is 77.9 Å². The quantitative estimate of drug-likeness (QED) is 0.515. The molecule has 0 radical (unpaired) electrons. The van der Waals surface area contributed by atoms with Crippen LogP contribution in [0.3, 0.4) is 0 Å². The van der Waals surface area contributed by atoms with Crippen molar-refractivity contribution in [3.63, 3.8) is 0 Å². The van der Waals surface area contributed by atoms with Crippen molar-refractivity contribution < 1.29 is 9.57 Å². The van der Waals surface area contributed by atoms with Crippen LogP contribution in [0.5, 0.6) is 5.75 Å². The van der Waals surface area contributed by atoms with Gasteiger partial charge in [-0.2, -0.15) is 0 Å². The van der Waals surface area contributed by atoms with Crippen molar-refractivity contribution in [2.75, 3.05) is 7.11 Å². The molecule has 0 N–H and O–H groups in total. The highest BCUT2D eigenvalue weighted by molar-refractivity contribution is 5.85. The molecule has 0 saturated heterocycles. The van der Waals surface area contributed by atoms with Crippen LogP contribution in [-0.2, 0) is 11.4 Å². The van der Waals surface area contributed by atoms with E-state index in [9.17, 15) is 0 Å². The zero-order chi connectivity index (χ0) is 15.2. The summed E-state index contributed by atoms with van der Waals surface area (Å²) in [5.74, 6) is 0.778. The van der Waals surface area contributed by atoms with Gasteiger partial charge >= 0.3 is 0 Å². The van der Waals surface area contributed by atoms with E-state index in [4.69, 9.17) is 9.57 Å². The smallest absolute Gasteiger partial charge is 0.142 e. The van der Waals surface area contributed by atoms with Gasteiger partial charge in [-0.15, -0.1) is 0 Å². The van der Waals surface area contributed by atoms with E-state index < -0.39 is 0 Å². The topological polar surface area (TPSA) is 30.8 Å². The number of ether oxygens (including phenoxy) is 1. The van der Waals surface area contributed by atoms with E-state index in [1.165, 1.54) is 10.8 Å². The number of para-hydroxylation sites is 1. The first-order valence-corrected chi connectivity index (χ1v) is 7.13. The van der Waals surface area contributed by atoms with E-state index in [0.717, 1.165) is 16.9 Å². The molecule has 0 atom stereocenters. The SMILES string of the molecule is COc1ccccc1/C=N\OCc1cccc2ccccc12. The normalized spacial score (nSPS) is 11.0. The van der Waals surface area contributed by atoms with Crippen molar-refractivity contribution in [3.8, 4) is 5.75 Å². The first-order chi connectivity index (χ1) is 10.9. The fraction of sp³-hybridized carbons (Fsp3) is 0.105. The van der Waals surface area contributed by atoms with E-state index in [0.29, 0.717) is 6.61 Å². The molecular weight excluding hydrogens is 274 g/mol. The van der Waals surface area contributed by atoms with Crippen molar-refractivity contribution in [2.45, 2.75) is 6.61 Å². The summed E-state index contributed by atoms with van der Waals surface area (Å²) in [7, 11) is 1.64. The molecule has 0 amide bonds. The number of rotatable bonds is 5. The standard InChI is InChI=1S/C19H17NO2/c1-21-19-12-5-3-8-16(19)13-20-22-14-17-10-6-9-15-7-2-4-11-18(15)17/h2-13H,14H2,1H3/b20-13-. The van der Waals surface area contributed by atoms with Gasteiger partial charge in [0.15, 0.2) is 0 Å². The highest BCUT2D eigenvalue weighted by Gasteiger charge is 2.01. The highest BCUT2D eigenvalue weighted by Crippen LogP contribution is 2.19. The Morgan fingerprint density at radius 2 is 1.68 bits per heavy atom. The zero-order valence-corrected chi connectivity index (χ0v) is 12.4. The third-order valence-corrected chi connectivity index (χ3v) is 3.51. The van der Waals surface area contributed by atoms with Crippen molar-refractivity contribution in [2.24, 2.45) is 5.16 Å². The van der Waals surface area contributed by atoms with Crippen molar-refractivity contribution >= 4 is 17.0 Å². The Labute approximate surface area is 129 Å². The summed E-state index contributed by atoms with van der Waals surface area (Å²) in [5, 5.41) is 6.45. The van der Waals surface area contributed by atoms with E-state index in [2.05, 4.69) is 29.4 Å². The Hall–Kier alpha value is -2.81. The molecule has 22 heavy (non-hydrogen) atoms. The van der Waals surface area contributed by atoms with Gasteiger partial charge in [-0.1, -0.05) is 59.8 Å². The van der Waals surface area contributed by atoms with E-state index in [-0.39, 0.29) is 0 Å². The van der Waals surface area contributed by atoms with Crippen LogP contribution in [0.2, 0.25) is 0 Å². The molecule has 0 aromatic heterocycles.